The molecular formula is C25H20N2O5S. The maximum Gasteiger partial charge on any atom is 0.335 e. The molecule has 8 heteroatoms. The molecule has 2 aromatic carbocycles. The lowest BCUT2D eigenvalue weighted by molar-refractivity contribution is -0.122. The molecule has 1 aromatic heterocycles. The highest BCUT2D eigenvalue weighted by Gasteiger charge is 2.34. The number of aromatic carboxylic acids is 1. The molecule has 1 fully saturated rings. The molecule has 1 saturated heterocycles. The molecule has 2 N–H and O–H groups in total. The van der Waals surface area contributed by atoms with Gasteiger partial charge in [-0.15, -0.1) is 0 Å². The van der Waals surface area contributed by atoms with E-state index in [0.29, 0.717) is 22.8 Å². The lowest BCUT2D eigenvalue weighted by Gasteiger charge is -2.28. The summed E-state index contributed by atoms with van der Waals surface area (Å²) in [5.41, 5.74) is 3.18. The summed E-state index contributed by atoms with van der Waals surface area (Å²) in [4.78, 5) is 38.1. The number of hydrogen-bond donors (Lipinski definition) is 2. The van der Waals surface area contributed by atoms with Gasteiger partial charge >= 0.3 is 5.97 Å². The Bertz CT molecular complexity index is 1320. The molecule has 166 valence electrons. The second-order valence-electron chi connectivity index (χ2n) is 7.51. The van der Waals surface area contributed by atoms with Gasteiger partial charge in [0.15, 0.2) is 5.11 Å². The Balaban J connectivity index is 1.65. The Morgan fingerprint density at radius 1 is 1.12 bits per heavy atom. The number of nitrogens with zero attached hydrogens (tertiary/aromatic N) is 1. The number of hydrogen-bond acceptors (Lipinski definition) is 5. The van der Waals surface area contributed by atoms with Gasteiger partial charge in [0.05, 0.1) is 11.3 Å². The average Bonchev–Trinajstić information content (AvgIpc) is 3.25. The number of anilines is 1. The van der Waals surface area contributed by atoms with Crippen LogP contribution in [0.5, 0.6) is 0 Å². The highest BCUT2D eigenvalue weighted by molar-refractivity contribution is 7.80. The first kappa shape index (κ1) is 22.2. The third kappa shape index (κ3) is 4.33. The van der Waals surface area contributed by atoms with Crippen LogP contribution >= 0.6 is 12.2 Å². The minimum Gasteiger partial charge on any atom is -0.478 e. The summed E-state index contributed by atoms with van der Waals surface area (Å²) in [6, 6.07) is 15.4. The smallest absolute Gasteiger partial charge is 0.335 e. The van der Waals surface area contributed by atoms with Gasteiger partial charge in [-0.1, -0.05) is 25.1 Å². The third-order valence-corrected chi connectivity index (χ3v) is 5.64. The van der Waals surface area contributed by atoms with E-state index in [1.165, 1.54) is 17.0 Å². The van der Waals surface area contributed by atoms with Crippen molar-refractivity contribution in [3.63, 3.8) is 0 Å². The zero-order valence-electron chi connectivity index (χ0n) is 17.9. The zero-order chi connectivity index (χ0) is 23.7. The first-order valence-electron chi connectivity index (χ1n) is 10.2. The maximum absolute atomic E-state index is 13.1. The van der Waals surface area contributed by atoms with E-state index in [1.54, 1.807) is 43.3 Å². The molecule has 0 aliphatic carbocycles. The molecule has 33 heavy (non-hydrogen) atoms. The topological polar surface area (TPSA) is 99.8 Å². The fourth-order valence-corrected chi connectivity index (χ4v) is 3.84. The molecule has 0 spiro atoms. The largest absolute Gasteiger partial charge is 0.478 e. The molecule has 0 radical (unpaired) electrons. The van der Waals surface area contributed by atoms with Gasteiger partial charge in [0, 0.05) is 5.56 Å². The second-order valence-corrected chi connectivity index (χ2v) is 7.90. The number of amides is 2. The lowest BCUT2D eigenvalue weighted by Crippen LogP contribution is -2.54. The quantitative estimate of drug-likeness (QED) is 0.334. The number of aryl methyl sites for hydroxylation is 2. The Morgan fingerprint density at radius 2 is 1.85 bits per heavy atom. The number of carboxylic acids is 1. The minimum atomic E-state index is -1.01. The number of furan rings is 1. The van der Waals surface area contributed by atoms with Gasteiger partial charge in [-0.2, -0.15) is 0 Å². The highest BCUT2D eigenvalue weighted by Crippen LogP contribution is 2.28. The summed E-state index contributed by atoms with van der Waals surface area (Å²) in [5, 5.41) is 11.7. The first-order valence-corrected chi connectivity index (χ1v) is 10.6. The molecule has 7 nitrogen and oxygen atoms in total. The van der Waals surface area contributed by atoms with E-state index >= 15 is 0 Å². The number of carboxylic acid groups (broad SMARTS) is 1. The molecule has 4 rings (SSSR count). The van der Waals surface area contributed by atoms with Crippen LogP contribution in [0.1, 0.15) is 34.2 Å². The van der Waals surface area contributed by atoms with Crippen molar-refractivity contribution in [3.05, 3.63) is 82.6 Å². The average molecular weight is 461 g/mol. The molecular weight excluding hydrogens is 440 g/mol. The third-order valence-electron chi connectivity index (χ3n) is 5.36. The van der Waals surface area contributed by atoms with Crippen molar-refractivity contribution >= 4 is 46.9 Å². The molecule has 1 aliphatic rings. The van der Waals surface area contributed by atoms with Crippen LogP contribution < -0.4 is 10.2 Å². The summed E-state index contributed by atoms with van der Waals surface area (Å²) in [5.74, 6) is -1.37. The molecule has 0 unspecified atom stereocenters. The number of carbonyl (C=O) groups excluding carboxylic acids is 2. The van der Waals surface area contributed by atoms with E-state index in [0.717, 1.165) is 17.5 Å². The minimum absolute atomic E-state index is 0.0145. The standard InChI is InChI=1S/C25H20N2O5S/c1-3-15-4-7-17(8-5-15)27-23(29)20(22(28)26-25(27)33)13-18-9-11-21(32-18)19-10-6-16(24(30)31)12-14(19)2/h4-13H,3H2,1-2H3,(H,30,31)(H,26,28,33). The molecule has 0 saturated carbocycles. The van der Waals surface area contributed by atoms with Gasteiger partial charge in [-0.05, 0) is 79.2 Å². The Morgan fingerprint density at radius 3 is 2.48 bits per heavy atom. The van der Waals surface area contributed by atoms with Crippen LogP contribution in [-0.4, -0.2) is 28.0 Å². The zero-order valence-corrected chi connectivity index (χ0v) is 18.7. The predicted molar refractivity (Wildman–Crippen MR) is 128 cm³/mol. The van der Waals surface area contributed by atoms with E-state index < -0.39 is 17.8 Å². The van der Waals surface area contributed by atoms with Crippen molar-refractivity contribution in [2.45, 2.75) is 20.3 Å². The summed E-state index contributed by atoms with van der Waals surface area (Å²) in [6.07, 6.45) is 2.23. The maximum atomic E-state index is 13.1. The fourth-order valence-electron chi connectivity index (χ4n) is 3.56. The molecule has 2 heterocycles. The predicted octanol–water partition coefficient (Wildman–Crippen LogP) is 4.35. The van der Waals surface area contributed by atoms with Gasteiger partial charge in [0.1, 0.15) is 17.1 Å². The van der Waals surface area contributed by atoms with Crippen LogP contribution in [0.4, 0.5) is 5.69 Å². The van der Waals surface area contributed by atoms with Crippen LogP contribution in [0.2, 0.25) is 0 Å². The summed E-state index contributed by atoms with van der Waals surface area (Å²) in [7, 11) is 0. The van der Waals surface area contributed by atoms with Crippen molar-refractivity contribution in [1.82, 2.24) is 5.32 Å². The van der Waals surface area contributed by atoms with Gasteiger partial charge in [0.25, 0.3) is 11.8 Å². The number of nitrogens with one attached hydrogen (secondary N) is 1. The van der Waals surface area contributed by atoms with Crippen molar-refractivity contribution < 1.29 is 23.9 Å². The summed E-state index contributed by atoms with van der Waals surface area (Å²) < 4.78 is 5.84. The van der Waals surface area contributed by atoms with E-state index in [9.17, 15) is 14.4 Å². The monoisotopic (exact) mass is 460 g/mol. The molecule has 1 aliphatic heterocycles. The molecule has 0 atom stereocenters. The van der Waals surface area contributed by atoms with Gasteiger partial charge in [-0.25, -0.2) is 4.79 Å². The van der Waals surface area contributed by atoms with Crippen molar-refractivity contribution in [3.8, 4) is 11.3 Å². The lowest BCUT2D eigenvalue weighted by atomic mass is 10.0. The van der Waals surface area contributed by atoms with E-state index in [1.807, 2.05) is 19.1 Å². The van der Waals surface area contributed by atoms with E-state index in [2.05, 4.69) is 5.32 Å². The molecule has 3 aromatic rings. The normalized spacial score (nSPS) is 15.2. The Labute approximate surface area is 195 Å². The number of thiocarbonyl (C=S) groups is 1. The first-order chi connectivity index (χ1) is 15.8. The van der Waals surface area contributed by atoms with Gasteiger partial charge in [-0.3, -0.25) is 19.8 Å². The molecule has 0 bridgehead atoms. The van der Waals surface area contributed by atoms with Crippen molar-refractivity contribution in [2.24, 2.45) is 0 Å². The van der Waals surface area contributed by atoms with E-state index in [4.69, 9.17) is 21.7 Å². The van der Waals surface area contributed by atoms with Gasteiger partial charge in [0.2, 0.25) is 0 Å². The fraction of sp³-hybridized carbons (Fsp3) is 0.120. The molecule has 2 amide bonds. The summed E-state index contributed by atoms with van der Waals surface area (Å²) >= 11 is 5.23. The van der Waals surface area contributed by atoms with E-state index in [-0.39, 0.29) is 16.2 Å². The SMILES string of the molecule is CCc1ccc(N2C(=O)C(=Cc3ccc(-c4ccc(C(=O)O)cc4C)o3)C(=O)NC2=S)cc1. The summed E-state index contributed by atoms with van der Waals surface area (Å²) in [6.45, 7) is 3.82. The van der Waals surface area contributed by atoms with Crippen molar-refractivity contribution in [2.75, 3.05) is 4.90 Å². The van der Waals surface area contributed by atoms with Crippen LogP contribution in [0.25, 0.3) is 17.4 Å². The van der Waals surface area contributed by atoms with Crippen LogP contribution in [0.3, 0.4) is 0 Å². The number of carbonyl (C=O) groups is 3. The van der Waals surface area contributed by atoms with Crippen LogP contribution in [0, 0.1) is 6.92 Å². The Hall–Kier alpha value is -4.04. The number of benzene rings is 2. The van der Waals surface area contributed by atoms with Gasteiger partial charge < -0.3 is 9.52 Å². The highest BCUT2D eigenvalue weighted by atomic mass is 32.1. The second kappa shape index (κ2) is 8.84. The van der Waals surface area contributed by atoms with Crippen LogP contribution in [-0.2, 0) is 16.0 Å². The Kier molecular flexibility index (Phi) is 5.93. The van der Waals surface area contributed by atoms with Crippen molar-refractivity contribution in [1.29, 1.82) is 0 Å². The number of rotatable bonds is 5. The van der Waals surface area contributed by atoms with Crippen LogP contribution in [0.15, 0.2) is 64.6 Å².